The Labute approximate surface area is 117 Å². The normalized spacial score (nSPS) is 12.9. The summed E-state index contributed by atoms with van der Waals surface area (Å²) in [7, 11) is 1.99. The van der Waals surface area contributed by atoms with Crippen LogP contribution in [-0.4, -0.2) is 18.5 Å². The van der Waals surface area contributed by atoms with Gasteiger partial charge in [-0.05, 0) is 31.5 Å². The highest BCUT2D eigenvalue weighted by Gasteiger charge is 2.19. The van der Waals surface area contributed by atoms with Gasteiger partial charge >= 0.3 is 0 Å². The van der Waals surface area contributed by atoms with Gasteiger partial charge in [-0.3, -0.25) is 4.90 Å². The van der Waals surface area contributed by atoms with Crippen LogP contribution in [0.25, 0.3) is 0 Å². The van der Waals surface area contributed by atoms with Crippen molar-refractivity contribution >= 4 is 11.3 Å². The molecule has 2 nitrogen and oxygen atoms in total. The summed E-state index contributed by atoms with van der Waals surface area (Å²) in [6.07, 6.45) is 0. The number of benzene rings is 1. The highest BCUT2D eigenvalue weighted by molar-refractivity contribution is 7.09. The van der Waals surface area contributed by atoms with Gasteiger partial charge in [-0.15, -0.1) is 11.3 Å². The number of hydrogen-bond donors (Lipinski definition) is 1. The quantitative estimate of drug-likeness (QED) is 0.909. The zero-order valence-corrected chi connectivity index (χ0v) is 12.1. The summed E-state index contributed by atoms with van der Waals surface area (Å²) >= 11 is 1.71. The molecule has 0 radical (unpaired) electrons. The van der Waals surface area contributed by atoms with E-state index in [4.69, 9.17) is 5.73 Å². The molecule has 19 heavy (non-hydrogen) atoms. The minimum Gasteiger partial charge on any atom is -0.329 e. The predicted molar refractivity (Wildman–Crippen MR) is 78.7 cm³/mol. The Bertz CT molecular complexity index is 525. The largest absolute Gasteiger partial charge is 0.329 e. The smallest absolute Gasteiger partial charge is 0.128 e. The Morgan fingerprint density at radius 2 is 2.16 bits per heavy atom. The molecule has 0 aliphatic rings. The lowest BCUT2D eigenvalue weighted by molar-refractivity contribution is 0.238. The summed E-state index contributed by atoms with van der Waals surface area (Å²) in [6.45, 7) is 3.16. The zero-order valence-electron chi connectivity index (χ0n) is 11.3. The molecule has 4 heteroatoms. The SMILES string of the molecule is Cc1ccc(F)c(C(CN)N(C)Cc2cccs2)c1. The lowest BCUT2D eigenvalue weighted by Crippen LogP contribution is -2.30. The van der Waals surface area contributed by atoms with Crippen LogP contribution in [-0.2, 0) is 6.54 Å². The predicted octanol–water partition coefficient (Wildman–Crippen LogP) is 3.33. The molecule has 0 saturated heterocycles. The van der Waals surface area contributed by atoms with E-state index < -0.39 is 0 Å². The Hall–Kier alpha value is -1.23. The molecule has 1 atom stereocenters. The third-order valence-corrected chi connectivity index (χ3v) is 4.11. The monoisotopic (exact) mass is 278 g/mol. The summed E-state index contributed by atoms with van der Waals surface area (Å²) in [5, 5.41) is 2.05. The third kappa shape index (κ3) is 3.41. The third-order valence-electron chi connectivity index (χ3n) is 3.25. The maximum Gasteiger partial charge on any atom is 0.128 e. The van der Waals surface area contributed by atoms with Crippen LogP contribution in [0, 0.1) is 12.7 Å². The fraction of sp³-hybridized carbons (Fsp3) is 0.333. The molecule has 0 aliphatic carbocycles. The molecule has 2 aromatic rings. The van der Waals surface area contributed by atoms with E-state index in [0.29, 0.717) is 12.1 Å². The topological polar surface area (TPSA) is 29.3 Å². The number of aryl methyl sites for hydroxylation is 1. The second kappa shape index (κ2) is 6.28. The van der Waals surface area contributed by atoms with Crippen LogP contribution in [0.15, 0.2) is 35.7 Å². The first-order valence-electron chi connectivity index (χ1n) is 6.30. The van der Waals surface area contributed by atoms with Crippen LogP contribution in [0.2, 0.25) is 0 Å². The van der Waals surface area contributed by atoms with Crippen molar-refractivity contribution in [1.82, 2.24) is 4.90 Å². The second-order valence-corrected chi connectivity index (χ2v) is 5.80. The first-order valence-corrected chi connectivity index (χ1v) is 7.18. The Morgan fingerprint density at radius 3 is 2.79 bits per heavy atom. The molecule has 1 unspecified atom stereocenters. The van der Waals surface area contributed by atoms with Crippen LogP contribution in [0.4, 0.5) is 4.39 Å². The fourth-order valence-corrected chi connectivity index (χ4v) is 2.99. The number of nitrogens with zero attached hydrogens (tertiary/aromatic N) is 1. The van der Waals surface area contributed by atoms with Gasteiger partial charge in [-0.2, -0.15) is 0 Å². The summed E-state index contributed by atoms with van der Waals surface area (Å²) in [5.41, 5.74) is 7.59. The van der Waals surface area contributed by atoms with E-state index >= 15 is 0 Å². The van der Waals surface area contributed by atoms with Gasteiger partial charge in [0.25, 0.3) is 0 Å². The zero-order chi connectivity index (χ0) is 13.8. The molecule has 102 valence electrons. The van der Waals surface area contributed by atoms with Gasteiger partial charge in [-0.25, -0.2) is 4.39 Å². The number of thiophene rings is 1. The van der Waals surface area contributed by atoms with Crippen molar-refractivity contribution in [3.05, 3.63) is 57.5 Å². The molecule has 1 aromatic carbocycles. The van der Waals surface area contributed by atoms with E-state index in [1.807, 2.05) is 31.5 Å². The van der Waals surface area contributed by atoms with Crippen LogP contribution in [0.5, 0.6) is 0 Å². The molecular weight excluding hydrogens is 259 g/mol. The van der Waals surface area contributed by atoms with Crippen molar-refractivity contribution in [2.24, 2.45) is 5.73 Å². The van der Waals surface area contributed by atoms with Gasteiger partial charge in [0.05, 0.1) is 0 Å². The van der Waals surface area contributed by atoms with Crippen LogP contribution in [0.3, 0.4) is 0 Å². The highest BCUT2D eigenvalue weighted by Crippen LogP contribution is 2.25. The van der Waals surface area contributed by atoms with Crippen molar-refractivity contribution in [3.8, 4) is 0 Å². The summed E-state index contributed by atoms with van der Waals surface area (Å²) in [6, 6.07) is 9.21. The van der Waals surface area contributed by atoms with Gasteiger partial charge in [0.15, 0.2) is 0 Å². The molecule has 0 spiro atoms. The molecular formula is C15H19FN2S. The fourth-order valence-electron chi connectivity index (χ4n) is 2.22. The Balaban J connectivity index is 2.21. The summed E-state index contributed by atoms with van der Waals surface area (Å²) in [5.74, 6) is -0.181. The van der Waals surface area contributed by atoms with E-state index in [1.54, 1.807) is 17.4 Å². The molecule has 0 saturated carbocycles. The molecule has 0 amide bonds. The second-order valence-electron chi connectivity index (χ2n) is 4.77. The van der Waals surface area contributed by atoms with Crippen molar-refractivity contribution in [2.45, 2.75) is 19.5 Å². The maximum atomic E-state index is 14.0. The van der Waals surface area contributed by atoms with E-state index in [2.05, 4.69) is 11.0 Å². The Morgan fingerprint density at radius 1 is 1.37 bits per heavy atom. The summed E-state index contributed by atoms with van der Waals surface area (Å²) < 4.78 is 14.0. The van der Waals surface area contributed by atoms with E-state index in [1.165, 1.54) is 10.9 Å². The minimum atomic E-state index is -0.181. The Kier molecular flexibility index (Phi) is 4.69. The standard InChI is InChI=1S/C15H19FN2S/c1-11-5-6-14(16)13(8-11)15(9-17)18(2)10-12-4-3-7-19-12/h3-8,15H,9-10,17H2,1-2H3. The maximum absolute atomic E-state index is 14.0. The van der Waals surface area contributed by atoms with Crippen LogP contribution < -0.4 is 5.73 Å². The van der Waals surface area contributed by atoms with Gasteiger partial charge in [0, 0.05) is 29.6 Å². The highest BCUT2D eigenvalue weighted by atomic mass is 32.1. The van der Waals surface area contributed by atoms with Gasteiger partial charge in [0.2, 0.25) is 0 Å². The molecule has 0 fully saturated rings. The van der Waals surface area contributed by atoms with Gasteiger partial charge in [-0.1, -0.05) is 23.8 Å². The molecule has 2 N–H and O–H groups in total. The number of rotatable bonds is 5. The molecule has 2 rings (SSSR count). The first-order chi connectivity index (χ1) is 9.11. The van der Waals surface area contributed by atoms with Crippen molar-refractivity contribution in [2.75, 3.05) is 13.6 Å². The van der Waals surface area contributed by atoms with E-state index in [0.717, 1.165) is 12.1 Å². The van der Waals surface area contributed by atoms with Crippen LogP contribution in [0.1, 0.15) is 22.0 Å². The summed E-state index contributed by atoms with van der Waals surface area (Å²) in [4.78, 5) is 3.36. The number of nitrogens with two attached hydrogens (primary N) is 1. The number of hydrogen-bond acceptors (Lipinski definition) is 3. The molecule has 1 heterocycles. The van der Waals surface area contributed by atoms with E-state index in [9.17, 15) is 4.39 Å². The lowest BCUT2D eigenvalue weighted by Gasteiger charge is -2.27. The van der Waals surface area contributed by atoms with Crippen molar-refractivity contribution in [3.63, 3.8) is 0 Å². The first kappa shape index (κ1) is 14.2. The average molecular weight is 278 g/mol. The number of halogens is 1. The molecule has 0 bridgehead atoms. The lowest BCUT2D eigenvalue weighted by atomic mass is 10.0. The van der Waals surface area contributed by atoms with Crippen LogP contribution >= 0.6 is 11.3 Å². The van der Waals surface area contributed by atoms with Crippen molar-refractivity contribution in [1.29, 1.82) is 0 Å². The van der Waals surface area contributed by atoms with E-state index in [-0.39, 0.29) is 11.9 Å². The molecule has 1 aromatic heterocycles. The average Bonchev–Trinajstić information content (AvgIpc) is 2.87. The number of likely N-dealkylation sites (N-methyl/N-ethyl adjacent to an activating group) is 1. The van der Waals surface area contributed by atoms with Gasteiger partial charge in [0.1, 0.15) is 5.82 Å². The minimum absolute atomic E-state index is 0.0954. The molecule has 0 aliphatic heterocycles. The van der Waals surface area contributed by atoms with Crippen molar-refractivity contribution < 1.29 is 4.39 Å². The van der Waals surface area contributed by atoms with Gasteiger partial charge < -0.3 is 5.73 Å².